The van der Waals surface area contributed by atoms with Crippen LogP contribution in [0.15, 0.2) is 24.5 Å². The molecule has 1 atom stereocenters. The van der Waals surface area contributed by atoms with Crippen molar-refractivity contribution >= 4 is 17.8 Å². The molecule has 0 fully saturated rings. The van der Waals surface area contributed by atoms with Crippen LogP contribution in [0.4, 0.5) is 0 Å². The van der Waals surface area contributed by atoms with Gasteiger partial charge in [0.25, 0.3) is 0 Å². The van der Waals surface area contributed by atoms with E-state index in [0.29, 0.717) is 6.42 Å². The zero-order valence-corrected chi connectivity index (χ0v) is 11.7. The van der Waals surface area contributed by atoms with Crippen molar-refractivity contribution in [1.29, 1.82) is 0 Å². The molecule has 0 saturated carbocycles. The molecule has 1 heterocycles. The largest absolute Gasteiger partial charge is 0.480 e. The van der Waals surface area contributed by atoms with Crippen molar-refractivity contribution in [2.45, 2.75) is 31.7 Å². The molecule has 0 spiro atoms. The molecule has 1 aromatic rings. The molecule has 1 rings (SSSR count). The quantitative estimate of drug-likeness (QED) is 0.678. The van der Waals surface area contributed by atoms with Crippen LogP contribution in [0.3, 0.4) is 0 Å². The normalized spacial score (nSPS) is 11.5. The number of carboxylic acid groups (broad SMARTS) is 1. The highest BCUT2D eigenvalue weighted by molar-refractivity contribution is 5.84. The van der Waals surface area contributed by atoms with Gasteiger partial charge in [-0.1, -0.05) is 0 Å². The van der Waals surface area contributed by atoms with Crippen molar-refractivity contribution in [3.63, 3.8) is 0 Å². The summed E-state index contributed by atoms with van der Waals surface area (Å²) < 4.78 is 4.44. The van der Waals surface area contributed by atoms with Gasteiger partial charge >= 0.3 is 11.9 Å². The number of hydrogen-bond donors (Lipinski definition) is 2. The van der Waals surface area contributed by atoms with Gasteiger partial charge in [0.15, 0.2) is 0 Å². The van der Waals surface area contributed by atoms with Gasteiger partial charge in [-0.2, -0.15) is 0 Å². The Bertz CT molecular complexity index is 489. The summed E-state index contributed by atoms with van der Waals surface area (Å²) in [5.74, 6) is -2.05. The molecule has 0 aliphatic heterocycles. The maximum absolute atomic E-state index is 11.7. The lowest BCUT2D eigenvalue weighted by Gasteiger charge is -2.13. The van der Waals surface area contributed by atoms with Crippen LogP contribution < -0.4 is 5.32 Å². The van der Waals surface area contributed by atoms with Crippen molar-refractivity contribution in [3.05, 3.63) is 30.1 Å². The molecule has 114 valence electrons. The van der Waals surface area contributed by atoms with E-state index in [1.165, 1.54) is 7.11 Å². The predicted octanol–water partition coefficient (Wildman–Crippen LogP) is 0.537. The van der Waals surface area contributed by atoms with Gasteiger partial charge in [-0.05, 0) is 30.5 Å². The number of methoxy groups -OCH3 is 1. The number of aliphatic carboxylic acids is 1. The number of esters is 1. The van der Waals surface area contributed by atoms with E-state index in [1.807, 2.05) is 0 Å². The Morgan fingerprint density at radius 3 is 2.52 bits per heavy atom. The Labute approximate surface area is 122 Å². The van der Waals surface area contributed by atoms with Crippen molar-refractivity contribution in [3.8, 4) is 0 Å². The number of amides is 1. The minimum Gasteiger partial charge on any atom is -0.480 e. The van der Waals surface area contributed by atoms with Crippen LogP contribution in [0, 0.1) is 0 Å². The van der Waals surface area contributed by atoms with Crippen LogP contribution in [0.1, 0.15) is 24.8 Å². The van der Waals surface area contributed by atoms with Gasteiger partial charge in [0, 0.05) is 25.2 Å². The fraction of sp³-hybridized carbons (Fsp3) is 0.429. The van der Waals surface area contributed by atoms with E-state index in [9.17, 15) is 14.4 Å². The predicted molar refractivity (Wildman–Crippen MR) is 73.4 cm³/mol. The third-order valence-electron chi connectivity index (χ3n) is 2.89. The summed E-state index contributed by atoms with van der Waals surface area (Å²) in [5, 5.41) is 11.4. The molecular weight excluding hydrogens is 276 g/mol. The van der Waals surface area contributed by atoms with E-state index in [0.717, 1.165) is 5.56 Å². The molecular formula is C14H18N2O5. The van der Waals surface area contributed by atoms with Gasteiger partial charge in [0.1, 0.15) is 6.04 Å². The maximum Gasteiger partial charge on any atom is 0.326 e. The van der Waals surface area contributed by atoms with Crippen molar-refractivity contribution in [1.82, 2.24) is 10.3 Å². The third-order valence-corrected chi connectivity index (χ3v) is 2.89. The van der Waals surface area contributed by atoms with E-state index >= 15 is 0 Å². The number of carbonyl (C=O) groups excluding carboxylic acids is 2. The number of ether oxygens (including phenoxy) is 1. The van der Waals surface area contributed by atoms with Crippen LogP contribution in [0.25, 0.3) is 0 Å². The van der Waals surface area contributed by atoms with Gasteiger partial charge in [0.2, 0.25) is 5.91 Å². The molecule has 2 N–H and O–H groups in total. The molecule has 1 unspecified atom stereocenters. The van der Waals surface area contributed by atoms with Gasteiger partial charge in [0.05, 0.1) is 7.11 Å². The Hall–Kier alpha value is -2.44. The average molecular weight is 294 g/mol. The number of carbonyl (C=O) groups is 3. The van der Waals surface area contributed by atoms with Crippen molar-refractivity contribution in [2.24, 2.45) is 0 Å². The van der Waals surface area contributed by atoms with Gasteiger partial charge in [-0.3, -0.25) is 14.6 Å². The number of nitrogens with zero attached hydrogens (tertiary/aromatic N) is 1. The molecule has 0 saturated heterocycles. The Kier molecular flexibility index (Phi) is 6.86. The van der Waals surface area contributed by atoms with E-state index in [2.05, 4.69) is 15.0 Å². The van der Waals surface area contributed by atoms with Crippen LogP contribution >= 0.6 is 0 Å². The van der Waals surface area contributed by atoms with E-state index in [1.54, 1.807) is 24.5 Å². The second-order valence-corrected chi connectivity index (χ2v) is 4.43. The number of rotatable bonds is 8. The summed E-state index contributed by atoms with van der Waals surface area (Å²) in [6, 6.07) is 2.49. The second-order valence-electron chi connectivity index (χ2n) is 4.43. The highest BCUT2D eigenvalue weighted by Crippen LogP contribution is 2.03. The van der Waals surface area contributed by atoms with Crippen LogP contribution in [0.2, 0.25) is 0 Å². The summed E-state index contributed by atoms with van der Waals surface area (Å²) in [4.78, 5) is 37.6. The molecule has 0 aliphatic carbocycles. The van der Waals surface area contributed by atoms with Crippen molar-refractivity contribution in [2.75, 3.05) is 7.11 Å². The Balaban J connectivity index is 2.41. The minimum atomic E-state index is -1.17. The highest BCUT2D eigenvalue weighted by Gasteiger charge is 2.20. The number of aromatic nitrogens is 1. The molecule has 21 heavy (non-hydrogen) atoms. The molecule has 7 heteroatoms. The van der Waals surface area contributed by atoms with Gasteiger partial charge < -0.3 is 15.2 Å². The monoisotopic (exact) mass is 294 g/mol. The van der Waals surface area contributed by atoms with E-state index in [4.69, 9.17) is 5.11 Å². The Morgan fingerprint density at radius 1 is 1.29 bits per heavy atom. The standard InChI is InChI=1S/C14H18N2O5/c1-21-13(18)5-3-11(14(19)20)16-12(17)4-2-10-6-8-15-9-7-10/h6-9,11H,2-5H2,1H3,(H,16,17)(H,19,20). The third kappa shape index (κ3) is 6.51. The highest BCUT2D eigenvalue weighted by atomic mass is 16.5. The number of aryl methyl sites for hydroxylation is 1. The first kappa shape index (κ1) is 16.6. The van der Waals surface area contributed by atoms with Crippen molar-refractivity contribution < 1.29 is 24.2 Å². The average Bonchev–Trinajstić information content (AvgIpc) is 2.49. The first-order valence-electron chi connectivity index (χ1n) is 6.51. The second kappa shape index (κ2) is 8.68. The topological polar surface area (TPSA) is 106 Å². The minimum absolute atomic E-state index is 0.00298. The SMILES string of the molecule is COC(=O)CCC(NC(=O)CCc1ccncc1)C(=O)O. The van der Waals surface area contributed by atoms with Crippen LogP contribution in [-0.4, -0.2) is 41.1 Å². The zero-order chi connectivity index (χ0) is 15.7. The Morgan fingerprint density at radius 2 is 1.95 bits per heavy atom. The summed E-state index contributed by atoms with van der Waals surface area (Å²) in [6.45, 7) is 0. The fourth-order valence-electron chi connectivity index (χ4n) is 1.70. The lowest BCUT2D eigenvalue weighted by Crippen LogP contribution is -2.41. The van der Waals surface area contributed by atoms with E-state index < -0.39 is 18.0 Å². The lowest BCUT2D eigenvalue weighted by molar-refractivity contribution is -0.144. The van der Waals surface area contributed by atoms with Gasteiger partial charge in [-0.25, -0.2) is 4.79 Å². The first-order chi connectivity index (χ1) is 10.0. The van der Waals surface area contributed by atoms with E-state index in [-0.39, 0.29) is 25.2 Å². The smallest absolute Gasteiger partial charge is 0.326 e. The summed E-state index contributed by atoms with van der Waals surface area (Å²) in [6.07, 6.45) is 3.87. The molecule has 1 aromatic heterocycles. The van der Waals surface area contributed by atoms with Gasteiger partial charge in [-0.15, -0.1) is 0 Å². The fourth-order valence-corrected chi connectivity index (χ4v) is 1.70. The lowest BCUT2D eigenvalue weighted by atomic mass is 10.1. The number of carboxylic acids is 1. The summed E-state index contributed by atoms with van der Waals surface area (Å²) in [7, 11) is 1.23. The number of pyridine rings is 1. The molecule has 0 aromatic carbocycles. The summed E-state index contributed by atoms with van der Waals surface area (Å²) in [5.41, 5.74) is 0.946. The molecule has 0 aliphatic rings. The molecule has 7 nitrogen and oxygen atoms in total. The number of nitrogens with one attached hydrogen (secondary N) is 1. The molecule has 0 radical (unpaired) electrons. The molecule has 1 amide bonds. The zero-order valence-electron chi connectivity index (χ0n) is 11.7. The number of hydrogen-bond acceptors (Lipinski definition) is 5. The van der Waals surface area contributed by atoms with Crippen LogP contribution in [0.5, 0.6) is 0 Å². The first-order valence-corrected chi connectivity index (χ1v) is 6.51. The summed E-state index contributed by atoms with van der Waals surface area (Å²) >= 11 is 0. The maximum atomic E-state index is 11.7. The molecule has 0 bridgehead atoms. The van der Waals surface area contributed by atoms with Crippen LogP contribution in [-0.2, 0) is 25.5 Å².